The van der Waals surface area contributed by atoms with Gasteiger partial charge in [0.1, 0.15) is 0 Å². The number of rotatable bonds is 7. The highest BCUT2D eigenvalue weighted by Gasteiger charge is 2.31. The third-order valence-corrected chi connectivity index (χ3v) is 4.56. The maximum absolute atomic E-state index is 12.2. The van der Waals surface area contributed by atoms with Gasteiger partial charge in [-0.15, -0.1) is 11.3 Å². The van der Waals surface area contributed by atoms with Gasteiger partial charge in [-0.3, -0.25) is 9.59 Å². The molecule has 2 amide bonds. The zero-order valence-corrected chi connectivity index (χ0v) is 16.7. The van der Waals surface area contributed by atoms with E-state index >= 15 is 0 Å². The Kier molecular flexibility index (Phi) is 6.17. The van der Waals surface area contributed by atoms with E-state index in [2.05, 4.69) is 20.8 Å². The lowest BCUT2D eigenvalue weighted by molar-refractivity contribution is -0.123. The Balaban J connectivity index is 1.79. The molecule has 0 aliphatic heterocycles. The Hall–Kier alpha value is -2.22. The van der Waals surface area contributed by atoms with Crippen molar-refractivity contribution in [3.63, 3.8) is 0 Å². The second-order valence-electron chi connectivity index (χ2n) is 7.68. The van der Waals surface area contributed by atoms with E-state index in [9.17, 15) is 9.59 Å². The molecule has 0 spiro atoms. The van der Waals surface area contributed by atoms with Gasteiger partial charge in [-0.2, -0.15) is 4.98 Å². The summed E-state index contributed by atoms with van der Waals surface area (Å²) >= 11 is 1.39. The van der Waals surface area contributed by atoms with Gasteiger partial charge in [-0.05, 0) is 31.7 Å². The van der Waals surface area contributed by atoms with Crippen molar-refractivity contribution in [3.8, 4) is 0 Å². The molecule has 7 nitrogen and oxygen atoms in total. The van der Waals surface area contributed by atoms with E-state index in [1.807, 2.05) is 46.1 Å². The van der Waals surface area contributed by atoms with Crippen LogP contribution in [-0.4, -0.2) is 28.5 Å². The second-order valence-corrected chi connectivity index (χ2v) is 8.63. The summed E-state index contributed by atoms with van der Waals surface area (Å²) in [5, 5.41) is 11.6. The summed E-state index contributed by atoms with van der Waals surface area (Å²) in [5.74, 6) is 0.748. The van der Waals surface area contributed by atoms with E-state index in [-0.39, 0.29) is 17.2 Å². The van der Waals surface area contributed by atoms with Gasteiger partial charge >= 0.3 is 0 Å². The van der Waals surface area contributed by atoms with Crippen LogP contribution in [0, 0.1) is 0 Å². The summed E-state index contributed by atoms with van der Waals surface area (Å²) in [6, 6.07) is 3.60. The quantitative estimate of drug-likeness (QED) is 0.722. The predicted molar refractivity (Wildman–Crippen MR) is 100 cm³/mol. The van der Waals surface area contributed by atoms with Gasteiger partial charge in [-0.1, -0.05) is 32.0 Å². The third-order valence-electron chi connectivity index (χ3n) is 3.69. The molecule has 0 fully saturated rings. The van der Waals surface area contributed by atoms with E-state index in [4.69, 9.17) is 4.52 Å². The van der Waals surface area contributed by atoms with Crippen LogP contribution in [0.25, 0.3) is 0 Å². The van der Waals surface area contributed by atoms with Crippen molar-refractivity contribution in [1.82, 2.24) is 20.8 Å². The molecule has 0 aliphatic rings. The fraction of sp³-hybridized carbons (Fsp3) is 0.556. The van der Waals surface area contributed by atoms with Crippen molar-refractivity contribution in [1.29, 1.82) is 0 Å². The number of carbonyl (C=O) groups is 2. The fourth-order valence-corrected chi connectivity index (χ4v) is 2.83. The van der Waals surface area contributed by atoms with Crippen LogP contribution in [0.2, 0.25) is 0 Å². The number of carbonyl (C=O) groups excluding carboxylic acids is 2. The maximum Gasteiger partial charge on any atom is 0.261 e. The average Bonchev–Trinajstić information content (AvgIpc) is 3.20. The first-order valence-corrected chi connectivity index (χ1v) is 9.45. The van der Waals surface area contributed by atoms with Gasteiger partial charge < -0.3 is 15.2 Å². The van der Waals surface area contributed by atoms with Gasteiger partial charge in [0.15, 0.2) is 5.82 Å². The molecule has 2 heterocycles. The highest BCUT2D eigenvalue weighted by Crippen LogP contribution is 2.24. The molecule has 0 atom stereocenters. The van der Waals surface area contributed by atoms with Gasteiger partial charge in [0.2, 0.25) is 11.8 Å². The van der Waals surface area contributed by atoms with Gasteiger partial charge in [0.05, 0.1) is 10.4 Å². The topological polar surface area (TPSA) is 97.1 Å². The summed E-state index contributed by atoms with van der Waals surface area (Å²) in [6.07, 6.45) is 0.858. The molecular weight excluding hydrogens is 352 g/mol. The minimum Gasteiger partial charge on any atom is -0.351 e. The smallest absolute Gasteiger partial charge is 0.261 e. The molecule has 0 aromatic carbocycles. The zero-order chi connectivity index (χ0) is 19.4. The van der Waals surface area contributed by atoms with Crippen molar-refractivity contribution >= 4 is 23.2 Å². The first kappa shape index (κ1) is 20.1. The molecule has 142 valence electrons. The largest absolute Gasteiger partial charge is 0.351 e. The molecule has 2 N–H and O–H groups in total. The number of hydrogen-bond acceptors (Lipinski definition) is 6. The standard InChI is InChI=1S/C18H26N4O3S/c1-17(2,3)16-20-15(22-25-16)18(4,5)21-13(23)9-6-10-19-14(24)12-8-7-11-26-12/h7-8,11H,6,9-10H2,1-5H3,(H,19,24)(H,21,23). The first-order valence-electron chi connectivity index (χ1n) is 8.57. The number of hydrogen-bond donors (Lipinski definition) is 2. The van der Waals surface area contributed by atoms with E-state index < -0.39 is 5.54 Å². The van der Waals surface area contributed by atoms with Crippen molar-refractivity contribution < 1.29 is 14.1 Å². The SMILES string of the molecule is CC(C)(C)c1nc(C(C)(C)NC(=O)CCCNC(=O)c2cccs2)no1. The van der Waals surface area contributed by atoms with E-state index in [0.29, 0.717) is 36.0 Å². The van der Waals surface area contributed by atoms with Gasteiger partial charge in [-0.25, -0.2) is 0 Å². The molecule has 0 radical (unpaired) electrons. The fourth-order valence-electron chi connectivity index (χ4n) is 2.19. The number of nitrogens with zero attached hydrogens (tertiary/aromatic N) is 2. The molecule has 8 heteroatoms. The molecule has 0 saturated heterocycles. The Morgan fingerprint density at radius 1 is 1.23 bits per heavy atom. The van der Waals surface area contributed by atoms with E-state index in [1.54, 1.807) is 6.07 Å². The third kappa shape index (κ3) is 5.39. The van der Waals surface area contributed by atoms with Crippen LogP contribution in [0.5, 0.6) is 0 Å². The molecular formula is C18H26N4O3S. The molecule has 2 rings (SSSR count). The lowest BCUT2D eigenvalue weighted by Gasteiger charge is -2.22. The van der Waals surface area contributed by atoms with Gasteiger partial charge in [0.25, 0.3) is 5.91 Å². The molecule has 2 aromatic heterocycles. The molecule has 0 aliphatic carbocycles. The van der Waals surface area contributed by atoms with Crippen LogP contribution in [0.1, 0.15) is 68.8 Å². The van der Waals surface area contributed by atoms with Crippen LogP contribution < -0.4 is 10.6 Å². The van der Waals surface area contributed by atoms with Crippen LogP contribution >= 0.6 is 11.3 Å². The second kappa shape index (κ2) is 7.99. The number of aromatic nitrogens is 2. The first-order chi connectivity index (χ1) is 12.1. The van der Waals surface area contributed by atoms with Gasteiger partial charge in [0, 0.05) is 18.4 Å². The molecule has 2 aromatic rings. The summed E-state index contributed by atoms with van der Waals surface area (Å²) in [4.78, 5) is 29.1. The summed E-state index contributed by atoms with van der Waals surface area (Å²) in [6.45, 7) is 10.1. The van der Waals surface area contributed by atoms with Crippen LogP contribution in [0.3, 0.4) is 0 Å². The minimum atomic E-state index is -0.732. The monoisotopic (exact) mass is 378 g/mol. The average molecular weight is 378 g/mol. The van der Waals surface area contributed by atoms with Crippen molar-refractivity contribution in [2.75, 3.05) is 6.54 Å². The van der Waals surface area contributed by atoms with Crippen LogP contribution in [0.4, 0.5) is 0 Å². The number of nitrogens with one attached hydrogen (secondary N) is 2. The highest BCUT2D eigenvalue weighted by molar-refractivity contribution is 7.12. The Labute approximate surface area is 157 Å². The summed E-state index contributed by atoms with van der Waals surface area (Å²) < 4.78 is 5.30. The Morgan fingerprint density at radius 3 is 2.54 bits per heavy atom. The number of thiophene rings is 1. The molecule has 0 saturated carbocycles. The van der Waals surface area contributed by atoms with Crippen molar-refractivity contribution in [2.45, 2.75) is 58.4 Å². The Bertz CT molecular complexity index is 745. The number of amides is 2. The predicted octanol–water partition coefficient (Wildman–Crippen LogP) is 2.99. The minimum absolute atomic E-state index is 0.109. The van der Waals surface area contributed by atoms with Crippen molar-refractivity contribution in [2.24, 2.45) is 0 Å². The molecule has 0 unspecified atom stereocenters. The van der Waals surface area contributed by atoms with Crippen molar-refractivity contribution in [3.05, 3.63) is 34.1 Å². The van der Waals surface area contributed by atoms with E-state index in [1.165, 1.54) is 11.3 Å². The molecule has 26 heavy (non-hydrogen) atoms. The van der Waals surface area contributed by atoms with E-state index in [0.717, 1.165) is 0 Å². The normalized spacial score (nSPS) is 12.0. The highest BCUT2D eigenvalue weighted by atomic mass is 32.1. The summed E-state index contributed by atoms with van der Waals surface area (Å²) in [7, 11) is 0. The zero-order valence-electron chi connectivity index (χ0n) is 15.9. The van der Waals surface area contributed by atoms with Crippen LogP contribution in [0.15, 0.2) is 22.0 Å². The van der Waals surface area contributed by atoms with Crippen LogP contribution in [-0.2, 0) is 15.7 Å². The molecule has 0 bridgehead atoms. The Morgan fingerprint density at radius 2 is 1.96 bits per heavy atom. The lowest BCUT2D eigenvalue weighted by atomic mass is 9.97. The maximum atomic E-state index is 12.2. The lowest BCUT2D eigenvalue weighted by Crippen LogP contribution is -2.42. The summed E-state index contributed by atoms with van der Waals surface area (Å²) in [5.41, 5.74) is -0.976.